The van der Waals surface area contributed by atoms with Gasteiger partial charge in [-0.1, -0.05) is 104 Å². The van der Waals surface area contributed by atoms with Crippen molar-refractivity contribution in [3.05, 3.63) is 0 Å². The van der Waals surface area contributed by atoms with E-state index in [1.165, 1.54) is 38.5 Å². The van der Waals surface area contributed by atoms with Crippen molar-refractivity contribution in [1.82, 2.24) is 0 Å². The summed E-state index contributed by atoms with van der Waals surface area (Å²) in [4.78, 5) is 0. The second kappa shape index (κ2) is 21.7. The Morgan fingerprint density at radius 3 is 1.39 bits per heavy atom. The first kappa shape index (κ1) is 31.7. The molecule has 0 rings (SSSR count). The molecule has 2 unspecified atom stereocenters. The zero-order valence-corrected chi connectivity index (χ0v) is 22.9. The first-order valence-corrected chi connectivity index (χ1v) is 13.0. The predicted octanol–water partition coefficient (Wildman–Crippen LogP) is 3.33. The van der Waals surface area contributed by atoms with E-state index in [9.17, 15) is 18.1 Å². The third-order valence-electron chi connectivity index (χ3n) is 5.49. The fourth-order valence-corrected chi connectivity index (χ4v) is 4.55. The normalized spacial score (nSPS) is 13.9. The SMILES string of the molecule is CCCCCCCCCC(O)CCCCCC(CCCCCC)S(=O)(=O)[O-].[K+]. The van der Waals surface area contributed by atoms with Crippen LogP contribution in [0.15, 0.2) is 0 Å². The van der Waals surface area contributed by atoms with Gasteiger partial charge in [0.25, 0.3) is 0 Å². The Labute approximate surface area is 218 Å². The van der Waals surface area contributed by atoms with Crippen LogP contribution in [0.5, 0.6) is 0 Å². The Kier molecular flexibility index (Phi) is 24.6. The van der Waals surface area contributed by atoms with E-state index in [4.69, 9.17) is 0 Å². The van der Waals surface area contributed by atoms with Gasteiger partial charge in [0.15, 0.2) is 0 Å². The average molecular weight is 445 g/mol. The van der Waals surface area contributed by atoms with Crippen molar-refractivity contribution >= 4 is 10.1 Å². The fourth-order valence-electron chi connectivity index (χ4n) is 3.64. The minimum Gasteiger partial charge on any atom is -0.748 e. The van der Waals surface area contributed by atoms with Crippen molar-refractivity contribution in [2.24, 2.45) is 0 Å². The maximum absolute atomic E-state index is 11.4. The van der Waals surface area contributed by atoms with Crippen molar-refractivity contribution in [1.29, 1.82) is 0 Å². The molecule has 6 heteroatoms. The number of aliphatic hydroxyl groups is 1. The molecule has 1 N–H and O–H groups in total. The van der Waals surface area contributed by atoms with Crippen LogP contribution < -0.4 is 51.4 Å². The second-order valence-electron chi connectivity index (χ2n) is 8.17. The van der Waals surface area contributed by atoms with Crippen LogP contribution >= 0.6 is 0 Å². The number of aliphatic hydroxyl groups excluding tert-OH is 1. The Bertz CT molecular complexity index is 415. The van der Waals surface area contributed by atoms with Gasteiger partial charge in [0.2, 0.25) is 0 Å². The largest absolute Gasteiger partial charge is 1.00 e. The topological polar surface area (TPSA) is 77.4 Å². The summed E-state index contributed by atoms with van der Waals surface area (Å²) in [7, 11) is -4.18. The van der Waals surface area contributed by atoms with Gasteiger partial charge in [-0.25, -0.2) is 8.42 Å². The molecule has 0 aromatic heterocycles. The summed E-state index contributed by atoms with van der Waals surface area (Å²) in [5.74, 6) is 0. The van der Waals surface area contributed by atoms with Crippen LogP contribution in [0.25, 0.3) is 0 Å². The second-order valence-corrected chi connectivity index (χ2v) is 9.82. The minimum absolute atomic E-state index is 0. The number of hydrogen-bond donors (Lipinski definition) is 1. The molecule has 0 aliphatic heterocycles. The van der Waals surface area contributed by atoms with Gasteiger partial charge in [0, 0.05) is 5.25 Å². The van der Waals surface area contributed by atoms with E-state index in [-0.39, 0.29) is 57.5 Å². The van der Waals surface area contributed by atoms with Crippen LogP contribution in [-0.2, 0) is 10.1 Å². The molecule has 0 aliphatic carbocycles. The van der Waals surface area contributed by atoms with Crippen LogP contribution in [-0.4, -0.2) is 29.4 Å². The van der Waals surface area contributed by atoms with E-state index in [2.05, 4.69) is 13.8 Å². The van der Waals surface area contributed by atoms with Gasteiger partial charge < -0.3 is 9.66 Å². The summed E-state index contributed by atoms with van der Waals surface area (Å²) in [5, 5.41) is 9.33. The molecule has 0 aromatic carbocycles. The van der Waals surface area contributed by atoms with Crippen LogP contribution in [0.1, 0.15) is 129 Å². The van der Waals surface area contributed by atoms with Gasteiger partial charge in [-0.05, 0) is 25.7 Å². The molecule has 0 saturated carbocycles. The molecule has 0 spiro atoms. The summed E-state index contributed by atoms with van der Waals surface area (Å²) in [6.45, 7) is 4.34. The summed E-state index contributed by atoms with van der Waals surface area (Å²) in [5.41, 5.74) is 0. The summed E-state index contributed by atoms with van der Waals surface area (Å²) in [6.07, 6.45) is 17.9. The van der Waals surface area contributed by atoms with Gasteiger partial charge in [0.1, 0.15) is 0 Å². The molecule has 0 heterocycles. The van der Waals surface area contributed by atoms with Gasteiger partial charge in [-0.15, -0.1) is 0 Å². The monoisotopic (exact) mass is 444 g/mol. The van der Waals surface area contributed by atoms with E-state index in [0.29, 0.717) is 12.8 Å². The van der Waals surface area contributed by atoms with Gasteiger partial charge >= 0.3 is 51.4 Å². The maximum Gasteiger partial charge on any atom is 1.00 e. The Morgan fingerprint density at radius 2 is 0.964 bits per heavy atom. The molecule has 0 aromatic rings. The van der Waals surface area contributed by atoms with Gasteiger partial charge in [-0.2, -0.15) is 0 Å². The molecule has 28 heavy (non-hydrogen) atoms. The molecule has 0 amide bonds. The first-order chi connectivity index (χ1) is 12.9. The van der Waals surface area contributed by atoms with Crippen molar-refractivity contribution in [3.63, 3.8) is 0 Å². The van der Waals surface area contributed by atoms with Crippen molar-refractivity contribution < 1.29 is 69.5 Å². The molecular weight excluding hydrogens is 399 g/mol. The minimum atomic E-state index is -4.18. The quantitative estimate of drug-likeness (QED) is 0.177. The van der Waals surface area contributed by atoms with E-state index >= 15 is 0 Å². The fraction of sp³-hybridized carbons (Fsp3) is 1.00. The Morgan fingerprint density at radius 1 is 0.643 bits per heavy atom. The van der Waals surface area contributed by atoms with Crippen LogP contribution in [0.4, 0.5) is 0 Å². The Hall–Kier alpha value is 1.51. The molecule has 2 atom stereocenters. The third-order valence-corrected chi connectivity index (χ3v) is 6.78. The van der Waals surface area contributed by atoms with Crippen molar-refractivity contribution in [2.45, 2.75) is 141 Å². The number of unbranched alkanes of at least 4 members (excludes halogenated alkanes) is 11. The molecule has 4 nitrogen and oxygen atoms in total. The maximum atomic E-state index is 11.4. The average Bonchev–Trinajstić information content (AvgIpc) is 2.61. The number of rotatable bonds is 20. The zero-order chi connectivity index (χ0) is 20.4. The molecule has 0 fully saturated rings. The van der Waals surface area contributed by atoms with Crippen molar-refractivity contribution in [2.75, 3.05) is 0 Å². The predicted molar refractivity (Wildman–Crippen MR) is 114 cm³/mol. The summed E-state index contributed by atoms with van der Waals surface area (Å²) < 4.78 is 34.2. The first-order valence-electron chi connectivity index (χ1n) is 11.5. The molecule has 0 aliphatic rings. The number of hydrogen-bond acceptors (Lipinski definition) is 4. The van der Waals surface area contributed by atoms with Crippen LogP contribution in [0.3, 0.4) is 0 Å². The standard InChI is InChI=1S/C22H46O4S.K/c1-3-5-7-9-10-11-13-17-21(23)18-14-12-16-20-22(27(24,25)26)19-15-8-6-4-2;/h21-23H,3-20H2,1-2H3,(H,24,25,26);/q;+1/p-1. The Balaban J connectivity index is 0. The zero-order valence-electron chi connectivity index (χ0n) is 19.0. The van der Waals surface area contributed by atoms with Gasteiger partial charge in [0.05, 0.1) is 16.2 Å². The van der Waals surface area contributed by atoms with Crippen LogP contribution in [0.2, 0.25) is 0 Å². The third kappa shape index (κ3) is 20.8. The molecule has 0 saturated heterocycles. The van der Waals surface area contributed by atoms with E-state index in [0.717, 1.165) is 64.2 Å². The molecule has 164 valence electrons. The summed E-state index contributed by atoms with van der Waals surface area (Å²) in [6, 6.07) is 0. The van der Waals surface area contributed by atoms with Gasteiger partial charge in [-0.3, -0.25) is 0 Å². The molecular formula is C22H45KO4S. The molecule has 0 radical (unpaired) electrons. The van der Waals surface area contributed by atoms with E-state index in [1.807, 2.05) is 0 Å². The summed E-state index contributed by atoms with van der Waals surface area (Å²) >= 11 is 0. The molecule has 0 bridgehead atoms. The smallest absolute Gasteiger partial charge is 0.748 e. The van der Waals surface area contributed by atoms with E-state index < -0.39 is 15.4 Å². The van der Waals surface area contributed by atoms with Crippen LogP contribution in [0, 0.1) is 0 Å². The van der Waals surface area contributed by atoms with Crippen molar-refractivity contribution in [3.8, 4) is 0 Å². The van der Waals surface area contributed by atoms with E-state index in [1.54, 1.807) is 0 Å².